The topological polar surface area (TPSA) is 64.3 Å². The number of rotatable bonds is 3. The zero-order valence-corrected chi connectivity index (χ0v) is 9.54. The van der Waals surface area contributed by atoms with E-state index in [-0.39, 0.29) is 5.56 Å². The summed E-state index contributed by atoms with van der Waals surface area (Å²) in [6.07, 6.45) is 3.31. The Morgan fingerprint density at radius 2 is 2.24 bits per heavy atom. The Bertz CT molecular complexity index is 561. The van der Waals surface area contributed by atoms with E-state index in [0.29, 0.717) is 11.7 Å². The number of aromatic carboxylic acids is 1. The lowest BCUT2D eigenvalue weighted by molar-refractivity contribution is 0.0696. The van der Waals surface area contributed by atoms with E-state index in [1.165, 1.54) is 18.3 Å². The fourth-order valence-electron chi connectivity index (χ4n) is 1.59. The Morgan fingerprint density at radius 3 is 2.88 bits per heavy atom. The lowest BCUT2D eigenvalue weighted by Crippen LogP contribution is -2.02. The molecule has 0 atom stereocenters. The normalized spacial score (nSPS) is 10.2. The molecule has 0 saturated carbocycles. The molecule has 0 fully saturated rings. The molecule has 1 N–H and O–H groups in total. The number of carboxylic acid groups (broad SMARTS) is 1. The number of hydrogen-bond donors (Lipinski definition) is 1. The van der Waals surface area contributed by atoms with Gasteiger partial charge in [-0.05, 0) is 24.6 Å². The molecular weight excluding hydrogens is 220 g/mol. The van der Waals surface area contributed by atoms with Crippen LogP contribution in [0.1, 0.15) is 15.9 Å². The number of nitrogens with zero attached hydrogens (tertiary/aromatic N) is 2. The molecule has 2 aromatic heterocycles. The minimum atomic E-state index is -0.975. The van der Waals surface area contributed by atoms with Crippen LogP contribution in [0.15, 0.2) is 30.6 Å². The van der Waals surface area contributed by atoms with E-state index in [4.69, 9.17) is 9.84 Å². The molecule has 0 aromatic carbocycles. The summed E-state index contributed by atoms with van der Waals surface area (Å²) >= 11 is 0. The molecule has 0 spiro atoms. The minimum absolute atomic E-state index is 0.198. The first-order chi connectivity index (χ1) is 8.11. The summed E-state index contributed by atoms with van der Waals surface area (Å²) in [5.41, 5.74) is 1.22. The highest BCUT2D eigenvalue weighted by Gasteiger charge is 2.09. The van der Waals surface area contributed by atoms with Gasteiger partial charge in [-0.2, -0.15) is 0 Å². The molecule has 0 saturated heterocycles. The summed E-state index contributed by atoms with van der Waals surface area (Å²) in [6, 6.07) is 4.81. The molecule has 17 heavy (non-hydrogen) atoms. The van der Waals surface area contributed by atoms with E-state index >= 15 is 0 Å². The number of carboxylic acids is 1. The number of methoxy groups -OCH3 is 1. The lowest BCUT2D eigenvalue weighted by Gasteiger charge is -2.07. The maximum absolute atomic E-state index is 10.9. The molecule has 0 aliphatic carbocycles. The van der Waals surface area contributed by atoms with Gasteiger partial charge in [-0.25, -0.2) is 9.78 Å². The van der Waals surface area contributed by atoms with E-state index in [0.717, 1.165) is 5.56 Å². The molecule has 0 radical (unpaired) electrons. The number of pyridine rings is 1. The van der Waals surface area contributed by atoms with Crippen molar-refractivity contribution >= 4 is 5.97 Å². The predicted molar refractivity (Wildman–Crippen MR) is 61.8 cm³/mol. The molecule has 88 valence electrons. The highest BCUT2D eigenvalue weighted by molar-refractivity contribution is 5.87. The van der Waals surface area contributed by atoms with Gasteiger partial charge in [0, 0.05) is 18.5 Å². The van der Waals surface area contributed by atoms with Crippen LogP contribution in [-0.2, 0) is 0 Å². The Morgan fingerprint density at radius 1 is 1.47 bits per heavy atom. The van der Waals surface area contributed by atoms with Crippen LogP contribution in [0.5, 0.6) is 5.88 Å². The second-order valence-corrected chi connectivity index (χ2v) is 3.64. The van der Waals surface area contributed by atoms with Crippen molar-refractivity contribution in [3.8, 4) is 11.7 Å². The molecule has 0 bridgehead atoms. The highest BCUT2D eigenvalue weighted by atomic mass is 16.5. The number of aromatic nitrogens is 2. The van der Waals surface area contributed by atoms with E-state index in [1.807, 2.05) is 19.2 Å². The van der Waals surface area contributed by atoms with Crippen LogP contribution >= 0.6 is 0 Å². The third-order valence-electron chi connectivity index (χ3n) is 2.37. The summed E-state index contributed by atoms with van der Waals surface area (Å²) in [5.74, 6) is 0.170. The maximum Gasteiger partial charge on any atom is 0.335 e. The summed E-state index contributed by atoms with van der Waals surface area (Å²) in [5, 5.41) is 8.92. The minimum Gasteiger partial charge on any atom is -0.482 e. The smallest absolute Gasteiger partial charge is 0.335 e. The van der Waals surface area contributed by atoms with Gasteiger partial charge in [0.05, 0.1) is 12.7 Å². The Labute approximate surface area is 98.3 Å². The molecule has 0 amide bonds. The van der Waals surface area contributed by atoms with E-state index < -0.39 is 5.97 Å². The second-order valence-electron chi connectivity index (χ2n) is 3.64. The molecular formula is C12H12N2O3. The quantitative estimate of drug-likeness (QED) is 0.877. The average Bonchev–Trinajstić information content (AvgIpc) is 2.70. The van der Waals surface area contributed by atoms with Gasteiger partial charge in [0.15, 0.2) is 5.88 Å². The van der Waals surface area contributed by atoms with Crippen molar-refractivity contribution in [3.63, 3.8) is 0 Å². The van der Waals surface area contributed by atoms with Crippen molar-refractivity contribution in [1.29, 1.82) is 0 Å². The van der Waals surface area contributed by atoms with E-state index in [9.17, 15) is 4.79 Å². The Kier molecular flexibility index (Phi) is 2.82. The summed E-state index contributed by atoms with van der Waals surface area (Å²) in [6.45, 7) is 1.93. The zero-order chi connectivity index (χ0) is 12.4. The van der Waals surface area contributed by atoms with Crippen molar-refractivity contribution < 1.29 is 14.6 Å². The molecule has 5 nitrogen and oxygen atoms in total. The van der Waals surface area contributed by atoms with Crippen LogP contribution in [0.25, 0.3) is 5.82 Å². The Balaban J connectivity index is 2.52. The van der Waals surface area contributed by atoms with Crippen LogP contribution in [0.4, 0.5) is 0 Å². The van der Waals surface area contributed by atoms with Crippen molar-refractivity contribution in [2.45, 2.75) is 6.92 Å². The number of ether oxygens (including phenoxy) is 1. The maximum atomic E-state index is 10.9. The lowest BCUT2D eigenvalue weighted by atomic mass is 10.2. The first-order valence-electron chi connectivity index (χ1n) is 5.04. The third-order valence-corrected chi connectivity index (χ3v) is 2.37. The van der Waals surface area contributed by atoms with Gasteiger partial charge in [-0.3, -0.25) is 4.57 Å². The van der Waals surface area contributed by atoms with Gasteiger partial charge in [-0.1, -0.05) is 0 Å². The van der Waals surface area contributed by atoms with Gasteiger partial charge < -0.3 is 9.84 Å². The first-order valence-corrected chi connectivity index (χ1v) is 5.04. The third kappa shape index (κ3) is 2.13. The molecule has 2 aromatic rings. The molecule has 2 heterocycles. The SMILES string of the molecule is COc1cc(C)cn1-c1cc(C(=O)O)ccn1. The van der Waals surface area contributed by atoms with Gasteiger partial charge in [0.1, 0.15) is 5.82 Å². The fourth-order valence-corrected chi connectivity index (χ4v) is 1.59. The molecule has 2 rings (SSSR count). The van der Waals surface area contributed by atoms with Crippen LogP contribution in [-0.4, -0.2) is 27.7 Å². The molecule has 0 aliphatic heterocycles. The van der Waals surface area contributed by atoms with Crippen molar-refractivity contribution in [2.75, 3.05) is 7.11 Å². The first kappa shape index (κ1) is 11.2. The van der Waals surface area contributed by atoms with Crippen molar-refractivity contribution in [2.24, 2.45) is 0 Å². The van der Waals surface area contributed by atoms with E-state index in [2.05, 4.69) is 4.98 Å². The molecule has 0 unspecified atom stereocenters. The number of hydrogen-bond acceptors (Lipinski definition) is 3. The van der Waals surface area contributed by atoms with Crippen molar-refractivity contribution in [3.05, 3.63) is 41.7 Å². The monoisotopic (exact) mass is 232 g/mol. The predicted octanol–water partition coefficient (Wildman–Crippen LogP) is 1.89. The zero-order valence-electron chi connectivity index (χ0n) is 9.54. The molecule has 0 aliphatic rings. The van der Waals surface area contributed by atoms with Gasteiger partial charge >= 0.3 is 5.97 Å². The number of aryl methyl sites for hydroxylation is 1. The van der Waals surface area contributed by atoms with E-state index in [1.54, 1.807) is 11.7 Å². The summed E-state index contributed by atoms with van der Waals surface area (Å²) in [4.78, 5) is 15.0. The van der Waals surface area contributed by atoms with Crippen LogP contribution in [0, 0.1) is 6.92 Å². The second kappa shape index (κ2) is 4.29. The highest BCUT2D eigenvalue weighted by Crippen LogP contribution is 2.20. The largest absolute Gasteiger partial charge is 0.482 e. The van der Waals surface area contributed by atoms with Crippen molar-refractivity contribution in [1.82, 2.24) is 9.55 Å². The average molecular weight is 232 g/mol. The standard InChI is InChI=1S/C12H12N2O3/c1-8-5-11(17-2)14(7-8)10-6-9(12(15)16)3-4-13-10/h3-7H,1-2H3,(H,15,16). The van der Waals surface area contributed by atoms with Gasteiger partial charge in [-0.15, -0.1) is 0 Å². The van der Waals surface area contributed by atoms with Crippen LogP contribution in [0.2, 0.25) is 0 Å². The fraction of sp³-hybridized carbons (Fsp3) is 0.167. The van der Waals surface area contributed by atoms with Gasteiger partial charge in [0.2, 0.25) is 0 Å². The number of carbonyl (C=O) groups is 1. The summed E-state index contributed by atoms with van der Waals surface area (Å²) in [7, 11) is 1.56. The summed E-state index contributed by atoms with van der Waals surface area (Å²) < 4.78 is 6.91. The Hall–Kier alpha value is -2.30. The van der Waals surface area contributed by atoms with Gasteiger partial charge in [0.25, 0.3) is 0 Å². The van der Waals surface area contributed by atoms with Crippen LogP contribution < -0.4 is 4.74 Å². The molecule has 5 heteroatoms. The van der Waals surface area contributed by atoms with Crippen LogP contribution in [0.3, 0.4) is 0 Å².